The summed E-state index contributed by atoms with van der Waals surface area (Å²) >= 11 is 0. The molecule has 0 aromatic carbocycles. The Bertz CT molecular complexity index is 4040. The number of ether oxygens (including phenoxy) is 1. The van der Waals surface area contributed by atoms with Gasteiger partial charge in [-0.3, -0.25) is 19.3 Å². The van der Waals surface area contributed by atoms with E-state index in [4.69, 9.17) is 58.7 Å². The molecule has 18 heteroatoms. The second-order valence-corrected chi connectivity index (χ2v) is 33.7. The van der Waals surface area contributed by atoms with Gasteiger partial charge in [-0.05, 0) is 97.2 Å². The highest BCUT2D eigenvalue weighted by Gasteiger charge is 2.30. The molecule has 0 radical (unpaired) electrons. The van der Waals surface area contributed by atoms with Crippen molar-refractivity contribution in [1.29, 1.82) is 0 Å². The molecule has 2 aliphatic heterocycles. The van der Waals surface area contributed by atoms with Crippen LogP contribution in [0.1, 0.15) is 280 Å². The van der Waals surface area contributed by atoms with Crippen LogP contribution >= 0.6 is 0 Å². The number of carbonyl (C=O) groups excluding carboxylic acids is 2. The van der Waals surface area contributed by atoms with Crippen molar-refractivity contribution in [3.63, 3.8) is 0 Å². The van der Waals surface area contributed by atoms with Gasteiger partial charge in [0.1, 0.15) is 35.2 Å². The highest BCUT2D eigenvalue weighted by Crippen LogP contribution is 2.30. The van der Waals surface area contributed by atoms with E-state index in [1.54, 1.807) is 29.3 Å². The first-order valence-corrected chi connectivity index (χ1v) is 33.8. The van der Waals surface area contributed by atoms with Crippen molar-refractivity contribution < 1.29 is 23.4 Å². The predicted molar refractivity (Wildman–Crippen MR) is 415 cm³/mol. The van der Waals surface area contributed by atoms with Crippen molar-refractivity contribution in [3.8, 4) is 86.4 Å². The number of imidazole rings is 2. The number of hydrogen-bond donors (Lipinski definition) is 2. The number of aromatic amines is 2. The largest absolute Gasteiger partial charge is 0.458 e. The first-order chi connectivity index (χ1) is 46.5. The van der Waals surface area contributed by atoms with Crippen LogP contribution in [0.25, 0.3) is 0 Å². The average Bonchev–Trinajstić information content (AvgIpc) is 1.56. The molecule has 0 saturated carbocycles. The quantitative estimate of drug-likeness (QED) is 0.107. The summed E-state index contributed by atoms with van der Waals surface area (Å²) in [4.78, 5) is 35.4. The maximum absolute atomic E-state index is 11.3. The van der Waals surface area contributed by atoms with Crippen LogP contribution in [0.4, 0.5) is 0 Å². The average molecular weight is 1390 g/mol. The fourth-order valence-electron chi connectivity index (χ4n) is 8.77. The van der Waals surface area contributed by atoms with E-state index in [0.29, 0.717) is 28.7 Å². The van der Waals surface area contributed by atoms with E-state index in [1.165, 1.54) is 6.08 Å². The maximum Gasteiger partial charge on any atom is 0.330 e. The first-order valence-electron chi connectivity index (χ1n) is 33.8. The molecule has 0 aliphatic carbocycles. The molecule has 1 atom stereocenters. The third-order valence-electron chi connectivity index (χ3n) is 15.0. The molecule has 9 heterocycles. The number of amides is 1. The number of esters is 1. The third kappa shape index (κ3) is 30.7. The maximum atomic E-state index is 11.3. The number of hydrogen-bond acceptors (Lipinski definition) is 12. The van der Waals surface area contributed by atoms with Crippen LogP contribution in [0.3, 0.4) is 0 Å². The lowest BCUT2D eigenvalue weighted by molar-refractivity contribution is -0.149. The van der Waals surface area contributed by atoms with Crippen LogP contribution in [0.15, 0.2) is 76.4 Å². The topological polar surface area (TPSA) is 209 Å². The Balaban J connectivity index is 0.000000574. The molecule has 1 unspecified atom stereocenters. The Kier molecular flexibility index (Phi) is 33.0. The zero-order valence-electron chi connectivity index (χ0n) is 67.1. The van der Waals surface area contributed by atoms with Gasteiger partial charge in [-0.2, -0.15) is 15.3 Å². The number of carbonyl (C=O) groups is 2. The van der Waals surface area contributed by atoms with Gasteiger partial charge in [0.25, 0.3) is 0 Å². The number of rotatable bonds is 0. The summed E-state index contributed by atoms with van der Waals surface area (Å²) in [5.41, 5.74) is 10.3. The van der Waals surface area contributed by atoms with Crippen LogP contribution < -0.4 is 0 Å². The van der Waals surface area contributed by atoms with E-state index in [0.717, 1.165) is 70.4 Å². The minimum absolute atomic E-state index is 0.0118. The van der Waals surface area contributed by atoms with Gasteiger partial charge in [-0.1, -0.05) is 195 Å². The van der Waals surface area contributed by atoms with Crippen LogP contribution in [0, 0.1) is 91.8 Å². The van der Waals surface area contributed by atoms with Gasteiger partial charge in [0.05, 0.1) is 11.4 Å². The molecular weight excluding hydrogens is 1270 g/mol. The molecule has 0 fully saturated rings. The van der Waals surface area contributed by atoms with Gasteiger partial charge in [-0.25, -0.2) is 14.8 Å². The Morgan fingerprint density at radius 2 is 1.14 bits per heavy atom. The molecule has 2 aliphatic rings. The molecule has 0 bridgehead atoms. The summed E-state index contributed by atoms with van der Waals surface area (Å²) in [5.74, 6) is 19.6. The van der Waals surface area contributed by atoms with E-state index in [-0.39, 0.29) is 66.8 Å². The fraction of sp³-hybridized carbons (Fsp3) is 0.512. The smallest absolute Gasteiger partial charge is 0.330 e. The summed E-state index contributed by atoms with van der Waals surface area (Å²) in [6.07, 6.45) is 52.8. The molecule has 0 saturated heterocycles. The number of cyclic esters (lactones) is 1. The highest BCUT2D eigenvalue weighted by atomic mass is 16.5. The molecule has 2 N–H and O–H groups in total. The first kappa shape index (κ1) is 89.8. The van der Waals surface area contributed by atoms with E-state index in [2.05, 4.69) is 253 Å². The molecule has 7 aromatic heterocycles. The second-order valence-electron chi connectivity index (χ2n) is 33.7. The number of H-pyrrole nitrogens is 2. The van der Waals surface area contributed by atoms with Crippen molar-refractivity contribution in [1.82, 2.24) is 64.5 Å². The molecule has 548 valence electrons. The van der Waals surface area contributed by atoms with Crippen molar-refractivity contribution in [2.75, 3.05) is 6.54 Å². The number of aromatic nitrogens is 12. The highest BCUT2D eigenvalue weighted by molar-refractivity contribution is 5.88. The monoisotopic (exact) mass is 1390 g/mol. The Hall–Kier alpha value is -10.2. The standard InChI is InChI=1S/3C10H14N2.2C9H12N2.C9H15NO.2C9H11NO.C9H14O2/c1-6-9-11-8(7-12(9)5)10(2,3)4;1-6-9-8(10(2,3)4)7-12(5)11-9;1-6-8-7-9(10(2,3)4)12(5)11-8;1-5-8-10-6-7(11-8)9(2,3)4;1-5-7-6-8(11-10-7)9(2,3)4;1-9(2,3)10-7-5-4-6-8(10)11;1-5-8-7(6-11-10-8)9(2,3)4;1-5-7-6-8(11-10-7)9(2,3)4;1-9(2,3)7-5-4-6-8(10)11-7/h3*1,7H,2-5H3;2*1,6H,2-4H3,(H,10,11);4,6H,5,7H2,1-3H3;2*1,6H,2-4H3;4,6-7H,5H2,1-3H3. The SMILES string of the molecule is C#Cc1cc(C(C)(C)C)n(C)n1.C#Cc1cc(C(C)(C)C)n[nH]1.C#Cc1cc(C(C)(C)C)on1.C#Cc1nc(C(C)(C)C)cn1C.C#Cc1ncc(C(C)(C)C)[nH]1.C#Cc1nn(C)cc1C(C)(C)C.C#Cc1nocc1C(C)(C)C.CC(C)(C)C1CC=CC(=O)O1.CC(C)(C)N1CCC=CC1=O. The van der Waals surface area contributed by atoms with Crippen LogP contribution in [-0.2, 0) is 73.4 Å². The van der Waals surface area contributed by atoms with Crippen molar-refractivity contribution in [2.24, 2.45) is 26.6 Å². The van der Waals surface area contributed by atoms with Crippen molar-refractivity contribution >= 4 is 11.9 Å². The number of nitrogens with one attached hydrogen (secondary N) is 2. The van der Waals surface area contributed by atoms with Crippen LogP contribution in [0.5, 0.6) is 0 Å². The zero-order valence-corrected chi connectivity index (χ0v) is 67.1. The molecule has 9 rings (SSSR count). The summed E-state index contributed by atoms with van der Waals surface area (Å²) in [6, 6.07) is 5.65. The van der Waals surface area contributed by atoms with Gasteiger partial charge in [-0.15, -0.1) is 45.0 Å². The Morgan fingerprint density at radius 3 is 1.44 bits per heavy atom. The lowest BCUT2D eigenvalue weighted by Crippen LogP contribution is -2.46. The molecule has 102 heavy (non-hydrogen) atoms. The van der Waals surface area contributed by atoms with Gasteiger partial charge in [0, 0.05) is 120 Å². The van der Waals surface area contributed by atoms with E-state index in [1.807, 2.05) is 92.7 Å². The number of aryl methyl sites for hydroxylation is 3. The predicted octanol–water partition coefficient (Wildman–Crippen LogP) is 15.9. The van der Waals surface area contributed by atoms with Gasteiger partial charge in [0.2, 0.25) is 5.91 Å². The fourth-order valence-corrected chi connectivity index (χ4v) is 8.77. The molecule has 18 nitrogen and oxygen atoms in total. The van der Waals surface area contributed by atoms with Gasteiger partial charge >= 0.3 is 5.97 Å². The van der Waals surface area contributed by atoms with Crippen molar-refractivity contribution in [3.05, 3.63) is 147 Å². The zero-order chi connectivity index (χ0) is 79.0. The molecule has 1 amide bonds. The van der Waals surface area contributed by atoms with E-state index in [9.17, 15) is 9.59 Å². The van der Waals surface area contributed by atoms with E-state index < -0.39 is 0 Å². The molecular formula is C84H117N13O5. The van der Waals surface area contributed by atoms with E-state index >= 15 is 0 Å². The molecule has 0 spiro atoms. The Labute approximate surface area is 612 Å². The summed E-state index contributed by atoms with van der Waals surface area (Å²) < 4.78 is 20.4. The minimum Gasteiger partial charge on any atom is -0.458 e. The minimum atomic E-state index is -0.212. The van der Waals surface area contributed by atoms with Crippen LogP contribution in [0.2, 0.25) is 0 Å². The summed E-state index contributed by atoms with van der Waals surface area (Å²) in [7, 11) is 5.72. The Morgan fingerprint density at radius 1 is 0.559 bits per heavy atom. The molecule has 7 aromatic rings. The third-order valence-corrected chi connectivity index (χ3v) is 15.0. The summed E-state index contributed by atoms with van der Waals surface area (Å²) in [6.45, 7) is 57.4. The lowest BCUT2D eigenvalue weighted by Gasteiger charge is -2.36. The van der Waals surface area contributed by atoms with Crippen molar-refractivity contribution in [2.45, 2.75) is 249 Å². The lowest BCUT2D eigenvalue weighted by atomic mass is 9.86. The normalized spacial score (nSPS) is 13.5. The second kappa shape index (κ2) is 37.5. The number of terminal acetylenes is 7. The van der Waals surface area contributed by atoms with Gasteiger partial charge < -0.3 is 28.2 Å². The summed E-state index contributed by atoms with van der Waals surface area (Å²) in [5, 5.41) is 22.6. The number of nitrogens with zero attached hydrogens (tertiary/aromatic N) is 11. The van der Waals surface area contributed by atoms with Crippen LogP contribution in [-0.4, -0.2) is 94.6 Å². The van der Waals surface area contributed by atoms with Gasteiger partial charge in [0.15, 0.2) is 23.0 Å².